The van der Waals surface area contributed by atoms with Crippen molar-refractivity contribution in [2.45, 2.75) is 57.8 Å². The molecule has 0 aliphatic heterocycles. The lowest BCUT2D eigenvalue weighted by molar-refractivity contribution is 0.0943. The zero-order valence-electron chi connectivity index (χ0n) is 12.2. The second-order valence-corrected chi connectivity index (χ2v) is 6.43. The van der Waals surface area contributed by atoms with Crippen molar-refractivity contribution in [3.8, 4) is 0 Å². The third kappa shape index (κ3) is 2.80. The van der Waals surface area contributed by atoms with Gasteiger partial charge in [-0.3, -0.25) is 0 Å². The highest BCUT2D eigenvalue weighted by Crippen LogP contribution is 2.36. The summed E-state index contributed by atoms with van der Waals surface area (Å²) in [6.45, 7) is 1.13. The predicted octanol–water partition coefficient (Wildman–Crippen LogP) is 2.71. The van der Waals surface area contributed by atoms with Gasteiger partial charge in [0, 0.05) is 23.2 Å². The van der Waals surface area contributed by atoms with E-state index in [1.54, 1.807) is 6.33 Å². The molecule has 2 aliphatic carbocycles. The molecule has 1 heterocycles. The second kappa shape index (κ2) is 6.08. The number of hydrogen-bond acceptors (Lipinski definition) is 4. The molecule has 3 rings (SSSR count). The first-order valence-corrected chi connectivity index (χ1v) is 8.00. The smallest absolute Gasteiger partial charge is 0.132 e. The lowest BCUT2D eigenvalue weighted by atomic mass is 9.74. The quantitative estimate of drug-likeness (QED) is 0.887. The van der Waals surface area contributed by atoms with Gasteiger partial charge >= 0.3 is 0 Å². The number of aromatic nitrogens is 2. The lowest BCUT2D eigenvalue weighted by Crippen LogP contribution is -2.36. The van der Waals surface area contributed by atoms with Crippen molar-refractivity contribution >= 4 is 5.82 Å². The molecule has 0 saturated heterocycles. The number of nitrogens with zero attached hydrogens (tertiary/aromatic N) is 2. The Labute approximate surface area is 121 Å². The van der Waals surface area contributed by atoms with Crippen LogP contribution in [0.4, 0.5) is 5.82 Å². The standard InChI is InChI=1S/C16H25N3O/c20-11-16(8-4-1-5-9-16)10-17-15-13-6-2-3-7-14(13)18-12-19-15/h12,20H,1-11H2,(H,17,18,19). The van der Waals surface area contributed by atoms with Crippen molar-refractivity contribution in [1.82, 2.24) is 9.97 Å². The molecule has 1 aromatic rings. The van der Waals surface area contributed by atoms with Crippen LogP contribution >= 0.6 is 0 Å². The highest BCUT2D eigenvalue weighted by Gasteiger charge is 2.31. The van der Waals surface area contributed by atoms with E-state index in [1.165, 1.54) is 43.4 Å². The molecule has 0 aromatic carbocycles. The van der Waals surface area contributed by atoms with E-state index in [0.29, 0.717) is 0 Å². The summed E-state index contributed by atoms with van der Waals surface area (Å²) in [5.74, 6) is 1.01. The molecule has 0 bridgehead atoms. The van der Waals surface area contributed by atoms with Gasteiger partial charge in [0.1, 0.15) is 12.1 Å². The van der Waals surface area contributed by atoms with Crippen molar-refractivity contribution < 1.29 is 5.11 Å². The maximum Gasteiger partial charge on any atom is 0.132 e. The van der Waals surface area contributed by atoms with Crippen LogP contribution in [0.5, 0.6) is 0 Å². The van der Waals surface area contributed by atoms with Crippen LogP contribution in [-0.4, -0.2) is 28.2 Å². The first kappa shape index (κ1) is 13.8. The minimum atomic E-state index is 0.0603. The number of fused-ring (bicyclic) bond motifs is 1. The number of aliphatic hydroxyl groups excluding tert-OH is 1. The van der Waals surface area contributed by atoms with Gasteiger partial charge in [-0.2, -0.15) is 0 Å². The number of rotatable bonds is 4. The number of hydrogen-bond donors (Lipinski definition) is 2. The average Bonchev–Trinajstić information content (AvgIpc) is 2.54. The van der Waals surface area contributed by atoms with Crippen LogP contribution in [0.25, 0.3) is 0 Å². The maximum atomic E-state index is 9.79. The van der Waals surface area contributed by atoms with Crippen LogP contribution in [0.1, 0.15) is 56.2 Å². The summed E-state index contributed by atoms with van der Waals surface area (Å²) in [7, 11) is 0. The molecule has 0 spiro atoms. The topological polar surface area (TPSA) is 58.0 Å². The molecular formula is C16H25N3O. The van der Waals surface area contributed by atoms with Crippen LogP contribution in [0, 0.1) is 5.41 Å². The van der Waals surface area contributed by atoms with E-state index >= 15 is 0 Å². The van der Waals surface area contributed by atoms with E-state index in [2.05, 4.69) is 15.3 Å². The summed E-state index contributed by atoms with van der Waals surface area (Å²) >= 11 is 0. The summed E-state index contributed by atoms with van der Waals surface area (Å²) < 4.78 is 0. The third-order valence-electron chi connectivity index (χ3n) is 5.01. The van der Waals surface area contributed by atoms with E-state index in [0.717, 1.165) is 38.0 Å². The zero-order valence-corrected chi connectivity index (χ0v) is 12.2. The molecule has 2 N–H and O–H groups in total. The van der Waals surface area contributed by atoms with Gasteiger partial charge in [0.25, 0.3) is 0 Å². The summed E-state index contributed by atoms with van der Waals surface area (Å²) in [4.78, 5) is 8.85. The molecule has 1 fully saturated rings. The second-order valence-electron chi connectivity index (χ2n) is 6.43. The van der Waals surface area contributed by atoms with Gasteiger partial charge < -0.3 is 10.4 Å². The molecule has 20 heavy (non-hydrogen) atoms. The molecule has 0 radical (unpaired) electrons. The fourth-order valence-electron chi connectivity index (χ4n) is 3.64. The van der Waals surface area contributed by atoms with Crippen LogP contribution in [0.3, 0.4) is 0 Å². The molecule has 2 aliphatic rings. The van der Waals surface area contributed by atoms with Gasteiger partial charge in [0.05, 0.1) is 6.61 Å². The van der Waals surface area contributed by atoms with E-state index in [1.807, 2.05) is 0 Å². The van der Waals surface area contributed by atoms with Gasteiger partial charge in [0.2, 0.25) is 0 Å². The van der Waals surface area contributed by atoms with Gasteiger partial charge in [-0.25, -0.2) is 9.97 Å². The molecule has 0 amide bonds. The average molecular weight is 275 g/mol. The van der Waals surface area contributed by atoms with E-state index in [4.69, 9.17) is 0 Å². The summed E-state index contributed by atoms with van der Waals surface area (Å²) in [6.07, 6.45) is 12.4. The van der Waals surface area contributed by atoms with Crippen LogP contribution in [0.15, 0.2) is 6.33 Å². The minimum Gasteiger partial charge on any atom is -0.396 e. The first-order valence-electron chi connectivity index (χ1n) is 8.00. The Balaban J connectivity index is 1.71. The highest BCUT2D eigenvalue weighted by molar-refractivity contribution is 5.47. The van der Waals surface area contributed by atoms with Crippen LogP contribution in [0.2, 0.25) is 0 Å². The Kier molecular flexibility index (Phi) is 4.20. The van der Waals surface area contributed by atoms with Gasteiger partial charge in [0.15, 0.2) is 0 Å². The zero-order chi connectivity index (χ0) is 13.8. The van der Waals surface area contributed by atoms with Gasteiger partial charge in [-0.05, 0) is 38.5 Å². The van der Waals surface area contributed by atoms with Crippen molar-refractivity contribution in [2.75, 3.05) is 18.5 Å². The molecular weight excluding hydrogens is 250 g/mol. The number of aliphatic hydroxyl groups is 1. The maximum absolute atomic E-state index is 9.79. The number of anilines is 1. The Morgan fingerprint density at radius 2 is 1.85 bits per heavy atom. The molecule has 110 valence electrons. The fraction of sp³-hybridized carbons (Fsp3) is 0.750. The first-order chi connectivity index (χ1) is 9.83. The largest absolute Gasteiger partial charge is 0.396 e. The van der Waals surface area contributed by atoms with Gasteiger partial charge in [-0.15, -0.1) is 0 Å². The van der Waals surface area contributed by atoms with Crippen LogP contribution < -0.4 is 5.32 Å². The van der Waals surface area contributed by atoms with Crippen molar-refractivity contribution in [3.63, 3.8) is 0 Å². The SMILES string of the molecule is OCC1(CNc2ncnc3c2CCCC3)CCCCC1. The molecule has 4 heteroatoms. The minimum absolute atomic E-state index is 0.0603. The Morgan fingerprint density at radius 3 is 2.65 bits per heavy atom. The monoisotopic (exact) mass is 275 g/mol. The summed E-state index contributed by atoms with van der Waals surface area (Å²) in [5, 5.41) is 13.3. The molecule has 0 atom stereocenters. The van der Waals surface area contributed by atoms with Crippen molar-refractivity contribution in [3.05, 3.63) is 17.6 Å². The normalized spacial score (nSPS) is 21.2. The van der Waals surface area contributed by atoms with E-state index < -0.39 is 0 Å². The number of nitrogens with one attached hydrogen (secondary N) is 1. The Hall–Kier alpha value is -1.16. The van der Waals surface area contributed by atoms with E-state index in [9.17, 15) is 5.11 Å². The number of aryl methyl sites for hydroxylation is 1. The summed E-state index contributed by atoms with van der Waals surface area (Å²) in [6, 6.07) is 0. The Morgan fingerprint density at radius 1 is 1.05 bits per heavy atom. The van der Waals surface area contributed by atoms with Crippen molar-refractivity contribution in [1.29, 1.82) is 0 Å². The van der Waals surface area contributed by atoms with Gasteiger partial charge in [-0.1, -0.05) is 19.3 Å². The molecule has 1 aromatic heterocycles. The predicted molar refractivity (Wildman–Crippen MR) is 79.8 cm³/mol. The molecule has 0 unspecified atom stereocenters. The Bertz CT molecular complexity index is 455. The van der Waals surface area contributed by atoms with E-state index in [-0.39, 0.29) is 12.0 Å². The lowest BCUT2D eigenvalue weighted by Gasteiger charge is -2.36. The third-order valence-corrected chi connectivity index (χ3v) is 5.01. The highest BCUT2D eigenvalue weighted by atomic mass is 16.3. The van der Waals surface area contributed by atoms with Crippen LogP contribution in [-0.2, 0) is 12.8 Å². The molecule has 4 nitrogen and oxygen atoms in total. The summed E-state index contributed by atoms with van der Waals surface area (Å²) in [5.41, 5.74) is 2.59. The van der Waals surface area contributed by atoms with Crippen molar-refractivity contribution in [2.24, 2.45) is 5.41 Å². The fourth-order valence-corrected chi connectivity index (χ4v) is 3.64. The molecule has 1 saturated carbocycles.